The van der Waals surface area contributed by atoms with E-state index in [0.717, 1.165) is 5.56 Å². The van der Waals surface area contributed by atoms with Crippen molar-refractivity contribution in [3.05, 3.63) is 35.9 Å². The van der Waals surface area contributed by atoms with Gasteiger partial charge in [-0.1, -0.05) is 37.3 Å². The first-order valence-electron chi connectivity index (χ1n) is 6.74. The van der Waals surface area contributed by atoms with Crippen molar-refractivity contribution in [2.24, 2.45) is 16.7 Å². The van der Waals surface area contributed by atoms with E-state index in [1.165, 1.54) is 0 Å². The van der Waals surface area contributed by atoms with Gasteiger partial charge in [-0.25, -0.2) is 15.6 Å². The Balaban J connectivity index is 2.98. The van der Waals surface area contributed by atoms with Crippen LogP contribution in [0.25, 0.3) is 0 Å². The molecule has 0 aliphatic carbocycles. The quantitative estimate of drug-likeness (QED) is 0.111. The summed E-state index contributed by atoms with van der Waals surface area (Å²) in [4.78, 5) is 0. The van der Waals surface area contributed by atoms with Gasteiger partial charge >= 0.3 is 0 Å². The maximum atomic E-state index is 10.7. The van der Waals surface area contributed by atoms with Crippen LogP contribution in [0.1, 0.15) is 25.3 Å². The van der Waals surface area contributed by atoms with Crippen LogP contribution >= 0.6 is 0 Å². The SMILES string of the molecule is CCC(NCCCS(=O)O)(/C(N)=N/NN)c1ccccc1. The molecule has 1 aromatic rings. The van der Waals surface area contributed by atoms with Crippen molar-refractivity contribution in [3.63, 3.8) is 0 Å². The van der Waals surface area contributed by atoms with Crippen molar-refractivity contribution >= 4 is 16.9 Å². The zero-order chi connectivity index (χ0) is 15.7. The van der Waals surface area contributed by atoms with E-state index in [0.29, 0.717) is 25.2 Å². The number of hydrazone groups is 1. The van der Waals surface area contributed by atoms with Crippen molar-refractivity contribution in [2.75, 3.05) is 12.3 Å². The van der Waals surface area contributed by atoms with Crippen LogP contribution in [0, 0.1) is 0 Å². The van der Waals surface area contributed by atoms with E-state index in [1.807, 2.05) is 37.3 Å². The van der Waals surface area contributed by atoms with Gasteiger partial charge in [-0.05, 0) is 24.9 Å². The third-order valence-corrected chi connectivity index (χ3v) is 3.98. The monoisotopic (exact) mass is 313 g/mol. The molecule has 1 rings (SSSR count). The first kappa shape index (κ1) is 17.6. The smallest absolute Gasteiger partial charge is 0.152 e. The molecular formula is C13H23N5O2S. The van der Waals surface area contributed by atoms with Crippen molar-refractivity contribution < 1.29 is 8.76 Å². The van der Waals surface area contributed by atoms with Gasteiger partial charge in [0.05, 0.1) is 5.75 Å². The summed E-state index contributed by atoms with van der Waals surface area (Å²) in [5.74, 6) is 5.77. The Labute approximate surface area is 127 Å². The Kier molecular flexibility index (Phi) is 7.30. The molecule has 0 heterocycles. The van der Waals surface area contributed by atoms with Gasteiger partial charge in [-0.3, -0.25) is 0 Å². The molecule has 118 valence electrons. The van der Waals surface area contributed by atoms with E-state index < -0.39 is 16.6 Å². The first-order chi connectivity index (χ1) is 10.1. The predicted molar refractivity (Wildman–Crippen MR) is 85.6 cm³/mol. The molecule has 0 bridgehead atoms. The minimum Gasteiger partial charge on any atom is -0.384 e. The highest BCUT2D eigenvalue weighted by atomic mass is 32.2. The fraction of sp³-hybridized carbons (Fsp3) is 0.462. The summed E-state index contributed by atoms with van der Waals surface area (Å²) in [5.41, 5.74) is 8.61. The Morgan fingerprint density at radius 1 is 1.43 bits per heavy atom. The summed E-state index contributed by atoms with van der Waals surface area (Å²) in [5, 5.41) is 7.25. The highest BCUT2D eigenvalue weighted by Crippen LogP contribution is 2.25. The average Bonchev–Trinajstić information content (AvgIpc) is 2.48. The van der Waals surface area contributed by atoms with Crippen LogP contribution < -0.4 is 22.4 Å². The number of hydrogen-bond donors (Lipinski definition) is 5. The molecule has 1 aromatic carbocycles. The van der Waals surface area contributed by atoms with Crippen molar-refractivity contribution in [2.45, 2.75) is 25.3 Å². The zero-order valence-electron chi connectivity index (χ0n) is 12.1. The van der Waals surface area contributed by atoms with E-state index in [4.69, 9.17) is 16.1 Å². The number of amidine groups is 1. The Morgan fingerprint density at radius 2 is 2.10 bits per heavy atom. The average molecular weight is 313 g/mol. The van der Waals surface area contributed by atoms with E-state index in [-0.39, 0.29) is 5.75 Å². The molecular weight excluding hydrogens is 290 g/mol. The number of nitrogens with one attached hydrogen (secondary N) is 2. The molecule has 2 atom stereocenters. The first-order valence-corrected chi connectivity index (χ1v) is 8.01. The van der Waals surface area contributed by atoms with Crippen molar-refractivity contribution in [1.82, 2.24) is 10.9 Å². The molecule has 0 amide bonds. The highest BCUT2D eigenvalue weighted by molar-refractivity contribution is 7.79. The number of benzene rings is 1. The fourth-order valence-electron chi connectivity index (χ4n) is 2.24. The second-order valence-corrected chi connectivity index (χ2v) is 5.61. The number of nitrogens with zero attached hydrogens (tertiary/aromatic N) is 1. The molecule has 0 radical (unpaired) electrons. The van der Waals surface area contributed by atoms with Crippen LogP contribution in [0.5, 0.6) is 0 Å². The summed E-state index contributed by atoms with van der Waals surface area (Å²) >= 11 is -1.79. The number of rotatable bonds is 9. The van der Waals surface area contributed by atoms with Crippen LogP contribution in [0.2, 0.25) is 0 Å². The second-order valence-electron chi connectivity index (χ2n) is 4.56. The zero-order valence-corrected chi connectivity index (χ0v) is 12.9. The molecule has 0 spiro atoms. The van der Waals surface area contributed by atoms with Crippen LogP contribution in [-0.4, -0.2) is 26.9 Å². The molecule has 0 aliphatic rings. The lowest BCUT2D eigenvalue weighted by atomic mass is 9.86. The summed E-state index contributed by atoms with van der Waals surface area (Å²) in [6, 6.07) is 9.69. The third kappa shape index (κ3) is 4.78. The Morgan fingerprint density at radius 3 is 2.62 bits per heavy atom. The number of nitrogens with two attached hydrogens (primary N) is 2. The van der Waals surface area contributed by atoms with E-state index in [1.54, 1.807) is 0 Å². The topological polar surface area (TPSA) is 126 Å². The molecule has 0 saturated carbocycles. The van der Waals surface area contributed by atoms with Gasteiger partial charge in [0, 0.05) is 0 Å². The molecule has 21 heavy (non-hydrogen) atoms. The summed E-state index contributed by atoms with van der Waals surface area (Å²) < 4.78 is 19.5. The van der Waals surface area contributed by atoms with Crippen LogP contribution in [0.15, 0.2) is 35.4 Å². The molecule has 8 heteroatoms. The number of hydrogen-bond acceptors (Lipinski definition) is 5. The predicted octanol–water partition coefficient (Wildman–Crippen LogP) is 0.229. The Bertz CT molecular complexity index is 483. The maximum absolute atomic E-state index is 10.7. The second kappa shape index (κ2) is 8.73. The minimum absolute atomic E-state index is 0.216. The van der Waals surface area contributed by atoms with Crippen LogP contribution in [0.4, 0.5) is 0 Å². The summed E-state index contributed by atoms with van der Waals surface area (Å²) in [6.45, 7) is 2.53. The van der Waals surface area contributed by atoms with E-state index in [9.17, 15) is 4.21 Å². The van der Waals surface area contributed by atoms with Gasteiger partial charge in [0.25, 0.3) is 0 Å². The molecule has 7 N–H and O–H groups in total. The van der Waals surface area contributed by atoms with Crippen molar-refractivity contribution in [3.8, 4) is 0 Å². The maximum Gasteiger partial charge on any atom is 0.152 e. The molecule has 7 nitrogen and oxygen atoms in total. The summed E-state index contributed by atoms with van der Waals surface area (Å²) in [6.07, 6.45) is 1.22. The minimum atomic E-state index is -1.79. The normalized spacial score (nSPS) is 16.2. The standard InChI is InChI=1S/C13H23N5O2S/c1-2-13(12(14)17-18-15,11-7-4-3-5-8-11)16-9-6-10-21(19)20/h3-5,7-8,16,18H,2,6,9-10,15H2,1H3,(H2,14,17)(H,19,20). The molecule has 0 saturated heterocycles. The van der Waals surface area contributed by atoms with Gasteiger partial charge in [0.2, 0.25) is 0 Å². The third-order valence-electron chi connectivity index (χ3n) is 3.34. The van der Waals surface area contributed by atoms with Gasteiger partial charge in [-0.15, -0.1) is 5.10 Å². The van der Waals surface area contributed by atoms with Gasteiger partial charge in [0.15, 0.2) is 11.1 Å². The number of hydrazine groups is 1. The van der Waals surface area contributed by atoms with E-state index >= 15 is 0 Å². The lowest BCUT2D eigenvalue weighted by molar-refractivity contribution is 0.425. The summed E-state index contributed by atoms with van der Waals surface area (Å²) in [7, 11) is 0. The van der Waals surface area contributed by atoms with Gasteiger partial charge in [-0.2, -0.15) is 0 Å². The fourth-order valence-corrected chi connectivity index (χ4v) is 2.63. The van der Waals surface area contributed by atoms with Gasteiger partial charge in [0.1, 0.15) is 11.4 Å². The largest absolute Gasteiger partial charge is 0.384 e. The van der Waals surface area contributed by atoms with Crippen molar-refractivity contribution in [1.29, 1.82) is 0 Å². The lowest BCUT2D eigenvalue weighted by Crippen LogP contribution is -2.53. The molecule has 0 aromatic heterocycles. The van der Waals surface area contributed by atoms with Crippen LogP contribution in [0.3, 0.4) is 0 Å². The lowest BCUT2D eigenvalue weighted by Gasteiger charge is -2.34. The van der Waals surface area contributed by atoms with Crippen LogP contribution in [-0.2, 0) is 16.6 Å². The molecule has 0 fully saturated rings. The highest BCUT2D eigenvalue weighted by Gasteiger charge is 2.34. The Hall–Kier alpha value is -1.48. The van der Waals surface area contributed by atoms with E-state index in [2.05, 4.69) is 16.0 Å². The van der Waals surface area contributed by atoms with Gasteiger partial charge < -0.3 is 15.6 Å². The molecule has 0 aliphatic heterocycles. The molecule has 2 unspecified atom stereocenters.